The molecule has 0 amide bonds. The van der Waals surface area contributed by atoms with Gasteiger partial charge in [0, 0.05) is 11.4 Å². The van der Waals surface area contributed by atoms with Crippen molar-refractivity contribution in [3.8, 4) is 0 Å². The van der Waals surface area contributed by atoms with Crippen LogP contribution in [0, 0.1) is 6.92 Å². The minimum Gasteiger partial charge on any atom is -0.415 e. The number of aryl methyl sites for hydroxylation is 1. The Hall–Kier alpha value is -1.58. The third kappa shape index (κ3) is 5.22. The molecule has 3 heteroatoms. The van der Waals surface area contributed by atoms with Gasteiger partial charge in [0.1, 0.15) is 0 Å². The van der Waals surface area contributed by atoms with Crippen LogP contribution in [0.4, 0.5) is 11.4 Å². The summed E-state index contributed by atoms with van der Waals surface area (Å²) < 4.78 is 6.31. The topological polar surface area (TPSA) is 21.3 Å². The smallest absolute Gasteiger partial charge is 0.168 e. The maximum absolute atomic E-state index is 6.31. The zero-order chi connectivity index (χ0) is 17.1. The van der Waals surface area contributed by atoms with Gasteiger partial charge in [0.25, 0.3) is 0 Å². The van der Waals surface area contributed by atoms with E-state index in [2.05, 4.69) is 77.2 Å². The molecule has 124 valence electrons. The second-order valence-electron chi connectivity index (χ2n) is 7.88. The Morgan fingerprint density at radius 3 is 2.13 bits per heavy atom. The van der Waals surface area contributed by atoms with Crippen molar-refractivity contribution >= 4 is 21.1 Å². The SMILES string of the molecule is Cc1cc(C(C)(C)O[SiH2]C(C)(C)C)ccc1Nc1ccccc1. The molecule has 0 spiro atoms. The lowest BCUT2D eigenvalue weighted by atomic mass is 9.96. The van der Waals surface area contributed by atoms with Gasteiger partial charge >= 0.3 is 0 Å². The monoisotopic (exact) mass is 327 g/mol. The van der Waals surface area contributed by atoms with Crippen LogP contribution < -0.4 is 5.32 Å². The molecule has 2 rings (SSSR count). The molecule has 1 N–H and O–H groups in total. The Bertz CT molecular complexity index is 644. The van der Waals surface area contributed by atoms with E-state index in [0.29, 0.717) is 5.04 Å². The van der Waals surface area contributed by atoms with E-state index >= 15 is 0 Å². The first kappa shape index (κ1) is 17.8. The first-order valence-corrected chi connectivity index (χ1v) is 9.53. The number of benzene rings is 2. The molecule has 0 bridgehead atoms. The van der Waals surface area contributed by atoms with E-state index in [1.54, 1.807) is 0 Å². The Morgan fingerprint density at radius 1 is 0.913 bits per heavy atom. The molecule has 0 fully saturated rings. The standard InChI is InChI=1S/C20H29NOSi/c1-15-14-16(20(5,6)22-23-19(2,3)4)12-13-18(15)21-17-10-8-7-9-11-17/h7-14,21H,23H2,1-6H3. The third-order valence-corrected chi connectivity index (χ3v) is 5.57. The predicted octanol–water partition coefficient (Wildman–Crippen LogP) is 5.29. The van der Waals surface area contributed by atoms with Crippen LogP contribution >= 0.6 is 0 Å². The van der Waals surface area contributed by atoms with Crippen LogP contribution in [0.25, 0.3) is 0 Å². The molecule has 2 nitrogen and oxygen atoms in total. The summed E-state index contributed by atoms with van der Waals surface area (Å²) in [6, 6.07) is 16.8. The largest absolute Gasteiger partial charge is 0.415 e. The van der Waals surface area contributed by atoms with Crippen LogP contribution in [0.5, 0.6) is 0 Å². The summed E-state index contributed by atoms with van der Waals surface area (Å²) >= 11 is 0. The summed E-state index contributed by atoms with van der Waals surface area (Å²) in [5.41, 5.74) is 4.50. The lowest BCUT2D eigenvalue weighted by Gasteiger charge is -2.31. The Morgan fingerprint density at radius 2 is 1.57 bits per heavy atom. The minimum atomic E-state index is -0.583. The highest BCUT2D eigenvalue weighted by Crippen LogP contribution is 2.32. The zero-order valence-electron chi connectivity index (χ0n) is 15.2. The van der Waals surface area contributed by atoms with Gasteiger partial charge in [-0.2, -0.15) is 0 Å². The highest BCUT2D eigenvalue weighted by Gasteiger charge is 2.24. The normalized spacial score (nSPS) is 12.8. The fraction of sp³-hybridized carbons (Fsp3) is 0.400. The highest BCUT2D eigenvalue weighted by molar-refractivity contribution is 6.31. The average Bonchev–Trinajstić information content (AvgIpc) is 2.48. The summed E-state index contributed by atoms with van der Waals surface area (Å²) in [5.74, 6) is 0. The number of hydrogen-bond acceptors (Lipinski definition) is 2. The Labute approximate surface area is 143 Å². The molecule has 0 saturated carbocycles. The van der Waals surface area contributed by atoms with Gasteiger partial charge in [-0.3, -0.25) is 0 Å². The number of hydrogen-bond donors (Lipinski definition) is 1. The molecule has 0 aliphatic rings. The molecule has 0 atom stereocenters. The molecule has 0 radical (unpaired) electrons. The number of para-hydroxylation sites is 1. The zero-order valence-corrected chi connectivity index (χ0v) is 16.6. The first-order chi connectivity index (χ1) is 10.7. The van der Waals surface area contributed by atoms with E-state index < -0.39 is 9.76 Å². The maximum Gasteiger partial charge on any atom is 0.168 e. The second-order valence-corrected chi connectivity index (χ2v) is 10.6. The van der Waals surface area contributed by atoms with Gasteiger partial charge in [-0.25, -0.2) is 0 Å². The van der Waals surface area contributed by atoms with Crippen LogP contribution in [0.3, 0.4) is 0 Å². The van der Waals surface area contributed by atoms with Gasteiger partial charge in [0.05, 0.1) is 5.60 Å². The van der Waals surface area contributed by atoms with E-state index in [0.717, 1.165) is 11.4 Å². The molecule has 23 heavy (non-hydrogen) atoms. The molecule has 2 aromatic rings. The highest BCUT2D eigenvalue weighted by atomic mass is 28.2. The van der Waals surface area contributed by atoms with Crippen molar-refractivity contribution in [2.45, 2.75) is 52.2 Å². The van der Waals surface area contributed by atoms with Gasteiger partial charge in [0.15, 0.2) is 9.76 Å². The van der Waals surface area contributed by atoms with E-state index in [1.165, 1.54) is 11.1 Å². The molecular weight excluding hydrogens is 298 g/mol. The van der Waals surface area contributed by atoms with E-state index in [-0.39, 0.29) is 5.60 Å². The summed E-state index contributed by atoms with van der Waals surface area (Å²) in [6.07, 6.45) is 0. The molecule has 0 saturated heterocycles. The van der Waals surface area contributed by atoms with Crippen molar-refractivity contribution in [2.75, 3.05) is 5.32 Å². The Kier molecular flexibility index (Phi) is 5.32. The van der Waals surface area contributed by atoms with Gasteiger partial charge in [-0.15, -0.1) is 0 Å². The molecule has 0 heterocycles. The van der Waals surface area contributed by atoms with Crippen molar-refractivity contribution in [1.29, 1.82) is 0 Å². The van der Waals surface area contributed by atoms with Crippen LogP contribution in [-0.4, -0.2) is 9.76 Å². The lowest BCUT2D eigenvalue weighted by Crippen LogP contribution is -2.27. The van der Waals surface area contributed by atoms with Gasteiger partial charge in [-0.05, 0) is 55.1 Å². The quantitative estimate of drug-likeness (QED) is 0.753. The molecule has 0 unspecified atom stereocenters. The predicted molar refractivity (Wildman–Crippen MR) is 103 cm³/mol. The number of rotatable bonds is 5. The van der Waals surface area contributed by atoms with Crippen molar-refractivity contribution < 1.29 is 4.43 Å². The van der Waals surface area contributed by atoms with Gasteiger partial charge in [-0.1, -0.05) is 51.1 Å². The second kappa shape index (κ2) is 6.89. The van der Waals surface area contributed by atoms with Gasteiger partial charge < -0.3 is 9.74 Å². The average molecular weight is 328 g/mol. The summed E-state index contributed by atoms with van der Waals surface area (Å²) in [6.45, 7) is 13.3. The van der Waals surface area contributed by atoms with E-state index in [1.807, 2.05) is 18.2 Å². The molecule has 0 aromatic heterocycles. The first-order valence-electron chi connectivity index (χ1n) is 8.25. The fourth-order valence-corrected chi connectivity index (χ4v) is 3.30. The molecule has 0 aliphatic heterocycles. The Balaban J connectivity index is 2.15. The summed E-state index contributed by atoms with van der Waals surface area (Å²) in [7, 11) is -0.583. The number of anilines is 2. The molecular formula is C20H29NOSi. The van der Waals surface area contributed by atoms with Crippen molar-refractivity contribution in [1.82, 2.24) is 0 Å². The summed E-state index contributed by atoms with van der Waals surface area (Å²) in [5, 5.41) is 3.78. The maximum atomic E-state index is 6.31. The van der Waals surface area contributed by atoms with Crippen LogP contribution in [-0.2, 0) is 10.0 Å². The number of nitrogens with one attached hydrogen (secondary N) is 1. The van der Waals surface area contributed by atoms with Crippen LogP contribution in [0.2, 0.25) is 5.04 Å². The molecule has 0 aliphatic carbocycles. The van der Waals surface area contributed by atoms with Crippen molar-refractivity contribution in [3.05, 3.63) is 59.7 Å². The fourth-order valence-electron chi connectivity index (χ4n) is 2.34. The minimum absolute atomic E-state index is 0.227. The van der Waals surface area contributed by atoms with E-state index in [9.17, 15) is 0 Å². The van der Waals surface area contributed by atoms with Crippen molar-refractivity contribution in [2.24, 2.45) is 0 Å². The van der Waals surface area contributed by atoms with Crippen LogP contribution in [0.1, 0.15) is 45.7 Å². The molecule has 2 aromatic carbocycles. The van der Waals surface area contributed by atoms with Crippen LogP contribution in [0.15, 0.2) is 48.5 Å². The van der Waals surface area contributed by atoms with E-state index in [4.69, 9.17) is 4.43 Å². The summed E-state index contributed by atoms with van der Waals surface area (Å²) in [4.78, 5) is 0. The van der Waals surface area contributed by atoms with Crippen molar-refractivity contribution in [3.63, 3.8) is 0 Å². The van der Waals surface area contributed by atoms with Gasteiger partial charge in [0.2, 0.25) is 0 Å². The third-order valence-electron chi connectivity index (χ3n) is 3.84. The lowest BCUT2D eigenvalue weighted by molar-refractivity contribution is 0.109.